The fraction of sp³-hybridized carbons (Fsp3) is 0.333. The molecule has 1 aliphatic heterocycles. The molecule has 1 N–H and O–H groups in total. The third-order valence-corrected chi connectivity index (χ3v) is 6.84. The molecule has 3 rings (SSSR count). The third kappa shape index (κ3) is 2.64. The van der Waals surface area contributed by atoms with Crippen LogP contribution in [0.3, 0.4) is 0 Å². The van der Waals surface area contributed by atoms with Crippen molar-refractivity contribution in [1.29, 1.82) is 0 Å². The van der Waals surface area contributed by atoms with Crippen LogP contribution in [0.25, 0.3) is 0 Å². The summed E-state index contributed by atoms with van der Waals surface area (Å²) in [6.45, 7) is 2.58. The predicted molar refractivity (Wildman–Crippen MR) is 82.7 cm³/mol. The quantitative estimate of drug-likeness (QED) is 0.943. The van der Waals surface area contributed by atoms with E-state index in [-0.39, 0.29) is 6.61 Å². The first-order valence-electron chi connectivity index (χ1n) is 6.78. The molecular weight excluding hydrogens is 306 g/mol. The van der Waals surface area contributed by atoms with Crippen molar-refractivity contribution in [3.63, 3.8) is 0 Å². The van der Waals surface area contributed by atoms with E-state index in [0.29, 0.717) is 29.1 Å². The Morgan fingerprint density at radius 3 is 2.90 bits per heavy atom. The number of hydrogen-bond donors (Lipinski definition) is 1. The Morgan fingerprint density at radius 1 is 1.33 bits per heavy atom. The van der Waals surface area contributed by atoms with Crippen LogP contribution in [0.2, 0.25) is 0 Å². The maximum absolute atomic E-state index is 12.9. The summed E-state index contributed by atoms with van der Waals surface area (Å²) < 4.78 is 27.2. The zero-order chi connectivity index (χ0) is 15.0. The highest BCUT2D eigenvalue weighted by Crippen LogP contribution is 2.29. The molecule has 0 saturated carbocycles. The number of aliphatic hydroxyl groups excluding tert-OH is 1. The van der Waals surface area contributed by atoms with Gasteiger partial charge in [-0.1, -0.05) is 12.1 Å². The summed E-state index contributed by atoms with van der Waals surface area (Å²) in [4.78, 5) is 1.58. The van der Waals surface area contributed by atoms with Crippen molar-refractivity contribution in [3.05, 3.63) is 51.2 Å². The first-order chi connectivity index (χ1) is 10.0. The fourth-order valence-corrected chi connectivity index (χ4v) is 5.17. The van der Waals surface area contributed by atoms with Gasteiger partial charge in [-0.05, 0) is 47.5 Å². The molecular formula is C15H17NO3S2. The van der Waals surface area contributed by atoms with Gasteiger partial charge in [0.1, 0.15) is 0 Å². The number of sulfonamides is 1. The third-order valence-electron chi connectivity index (χ3n) is 3.83. The van der Waals surface area contributed by atoms with Crippen molar-refractivity contribution >= 4 is 21.4 Å². The molecule has 112 valence electrons. The van der Waals surface area contributed by atoms with Crippen molar-refractivity contribution in [2.24, 2.45) is 0 Å². The molecule has 0 atom stereocenters. The standard InChI is InChI=1S/C15H17NO3S2/c1-11-2-3-12(10-17)8-15(11)21(18,19)16-6-4-14-13(9-16)5-7-20-14/h2-3,5,7-8,17H,4,6,9-10H2,1H3. The Morgan fingerprint density at radius 2 is 2.14 bits per heavy atom. The number of aliphatic hydroxyl groups is 1. The van der Waals surface area contributed by atoms with E-state index in [0.717, 1.165) is 12.0 Å². The van der Waals surface area contributed by atoms with Gasteiger partial charge in [0.05, 0.1) is 11.5 Å². The lowest BCUT2D eigenvalue weighted by Crippen LogP contribution is -2.35. The lowest BCUT2D eigenvalue weighted by atomic mass is 10.1. The number of rotatable bonds is 3. The van der Waals surface area contributed by atoms with Gasteiger partial charge in [-0.25, -0.2) is 8.42 Å². The highest BCUT2D eigenvalue weighted by Gasteiger charge is 2.30. The zero-order valence-corrected chi connectivity index (χ0v) is 13.4. The molecule has 0 radical (unpaired) electrons. The molecule has 0 aliphatic carbocycles. The minimum Gasteiger partial charge on any atom is -0.392 e. The van der Waals surface area contributed by atoms with Gasteiger partial charge >= 0.3 is 0 Å². The maximum Gasteiger partial charge on any atom is 0.243 e. The lowest BCUT2D eigenvalue weighted by Gasteiger charge is -2.27. The molecule has 0 spiro atoms. The van der Waals surface area contributed by atoms with Crippen LogP contribution in [-0.2, 0) is 29.6 Å². The van der Waals surface area contributed by atoms with E-state index in [2.05, 4.69) is 0 Å². The molecule has 6 heteroatoms. The van der Waals surface area contributed by atoms with E-state index in [4.69, 9.17) is 0 Å². The first-order valence-corrected chi connectivity index (χ1v) is 9.10. The fourth-order valence-electron chi connectivity index (χ4n) is 2.59. The monoisotopic (exact) mass is 323 g/mol. The molecule has 1 aromatic carbocycles. The minimum atomic E-state index is -3.52. The molecule has 0 unspecified atom stereocenters. The van der Waals surface area contributed by atoms with Crippen LogP contribution >= 0.6 is 11.3 Å². The van der Waals surface area contributed by atoms with Crippen molar-refractivity contribution in [3.8, 4) is 0 Å². The number of benzene rings is 1. The Bertz CT molecular complexity index is 765. The lowest BCUT2D eigenvalue weighted by molar-refractivity contribution is 0.281. The average Bonchev–Trinajstić information content (AvgIpc) is 2.95. The molecule has 1 aromatic heterocycles. The van der Waals surface area contributed by atoms with Gasteiger partial charge in [0, 0.05) is 18.0 Å². The van der Waals surface area contributed by atoms with Crippen LogP contribution < -0.4 is 0 Å². The number of fused-ring (bicyclic) bond motifs is 1. The first kappa shape index (κ1) is 14.7. The minimum absolute atomic E-state index is 0.155. The van der Waals surface area contributed by atoms with Crippen LogP contribution in [0, 0.1) is 6.92 Å². The molecule has 1 aliphatic rings. The summed E-state index contributed by atoms with van der Waals surface area (Å²) in [7, 11) is -3.52. The zero-order valence-electron chi connectivity index (χ0n) is 11.7. The summed E-state index contributed by atoms with van der Waals surface area (Å²) >= 11 is 1.69. The van der Waals surface area contributed by atoms with Gasteiger partial charge < -0.3 is 5.11 Å². The second-order valence-corrected chi connectivity index (χ2v) is 8.12. The Balaban J connectivity index is 1.98. The van der Waals surface area contributed by atoms with E-state index in [9.17, 15) is 13.5 Å². The predicted octanol–water partition coefficient (Wildman–Crippen LogP) is 2.30. The molecule has 0 amide bonds. The number of aryl methyl sites for hydroxylation is 1. The Kier molecular flexibility index (Phi) is 3.88. The largest absolute Gasteiger partial charge is 0.392 e. The highest BCUT2D eigenvalue weighted by molar-refractivity contribution is 7.89. The van der Waals surface area contributed by atoms with Crippen molar-refractivity contribution in [2.75, 3.05) is 6.54 Å². The summed E-state index contributed by atoms with van der Waals surface area (Å²) in [6.07, 6.45) is 0.769. The number of thiophene rings is 1. The van der Waals surface area contributed by atoms with Crippen LogP contribution in [0.15, 0.2) is 34.5 Å². The highest BCUT2D eigenvalue weighted by atomic mass is 32.2. The number of hydrogen-bond acceptors (Lipinski definition) is 4. The molecule has 0 fully saturated rings. The van der Waals surface area contributed by atoms with E-state index in [1.165, 1.54) is 9.18 Å². The molecule has 2 heterocycles. The van der Waals surface area contributed by atoms with Crippen LogP contribution in [-0.4, -0.2) is 24.4 Å². The van der Waals surface area contributed by atoms with Gasteiger partial charge in [-0.15, -0.1) is 11.3 Å². The van der Waals surface area contributed by atoms with Crippen LogP contribution in [0.5, 0.6) is 0 Å². The van der Waals surface area contributed by atoms with Gasteiger partial charge in [-0.3, -0.25) is 0 Å². The number of nitrogens with zero attached hydrogens (tertiary/aromatic N) is 1. The topological polar surface area (TPSA) is 57.6 Å². The van der Waals surface area contributed by atoms with Gasteiger partial charge in [0.2, 0.25) is 10.0 Å². The summed E-state index contributed by atoms with van der Waals surface area (Å²) in [5.41, 5.74) is 2.43. The van der Waals surface area contributed by atoms with Gasteiger partial charge in [0.15, 0.2) is 0 Å². The summed E-state index contributed by atoms with van der Waals surface area (Å²) in [6, 6.07) is 7.08. The average molecular weight is 323 g/mol. The van der Waals surface area contributed by atoms with Crippen molar-refractivity contribution in [2.45, 2.75) is 31.4 Å². The normalized spacial score (nSPS) is 15.9. The Hall–Kier alpha value is -1.21. The summed E-state index contributed by atoms with van der Waals surface area (Å²) in [5, 5.41) is 11.2. The second-order valence-electron chi connectivity index (χ2n) is 5.22. The summed E-state index contributed by atoms with van der Waals surface area (Å²) in [5.74, 6) is 0. The van der Waals surface area contributed by atoms with E-state index in [1.807, 2.05) is 11.4 Å². The molecule has 2 aromatic rings. The second kappa shape index (κ2) is 5.53. The Labute approximate surface area is 128 Å². The molecule has 0 bridgehead atoms. The molecule has 0 saturated heterocycles. The van der Waals surface area contributed by atoms with E-state index >= 15 is 0 Å². The van der Waals surface area contributed by atoms with Crippen LogP contribution in [0.1, 0.15) is 21.6 Å². The van der Waals surface area contributed by atoms with Crippen molar-refractivity contribution < 1.29 is 13.5 Å². The van der Waals surface area contributed by atoms with Gasteiger partial charge in [0.25, 0.3) is 0 Å². The SMILES string of the molecule is Cc1ccc(CO)cc1S(=O)(=O)N1CCc2sccc2C1. The maximum atomic E-state index is 12.9. The van der Waals surface area contributed by atoms with Crippen molar-refractivity contribution in [1.82, 2.24) is 4.31 Å². The smallest absolute Gasteiger partial charge is 0.243 e. The molecule has 21 heavy (non-hydrogen) atoms. The van der Waals surface area contributed by atoms with Crippen LogP contribution in [0.4, 0.5) is 0 Å². The van der Waals surface area contributed by atoms with Gasteiger partial charge in [-0.2, -0.15) is 4.31 Å². The molecule has 4 nitrogen and oxygen atoms in total. The van der Waals surface area contributed by atoms with E-state index in [1.54, 1.807) is 36.5 Å². The van der Waals surface area contributed by atoms with E-state index < -0.39 is 10.0 Å².